The molecule has 0 amide bonds. The SMILES string of the molecule is Cc1ccc(C(=NCC(=O)O)C2=C(O)CC(C)(C)CC2=O)cc1. The molecule has 1 aromatic carbocycles. The minimum absolute atomic E-state index is 0.0176. The fraction of sp³-hybridized carbons (Fsp3) is 0.389. The number of allylic oxidation sites excluding steroid dienone is 2. The van der Waals surface area contributed by atoms with Gasteiger partial charge in [0.15, 0.2) is 5.78 Å². The molecule has 0 radical (unpaired) electrons. The molecular formula is C18H21NO4. The molecule has 0 bridgehead atoms. The lowest BCUT2D eigenvalue weighted by molar-refractivity contribution is -0.135. The first-order valence-corrected chi connectivity index (χ1v) is 7.48. The Labute approximate surface area is 135 Å². The van der Waals surface area contributed by atoms with Crippen LogP contribution in [-0.2, 0) is 9.59 Å². The Kier molecular flexibility index (Phi) is 4.68. The van der Waals surface area contributed by atoms with E-state index in [1.54, 1.807) is 12.1 Å². The van der Waals surface area contributed by atoms with E-state index >= 15 is 0 Å². The van der Waals surface area contributed by atoms with Crippen LogP contribution in [0.5, 0.6) is 0 Å². The van der Waals surface area contributed by atoms with Gasteiger partial charge in [-0.1, -0.05) is 43.7 Å². The Hall–Kier alpha value is -2.43. The third-order valence-corrected chi connectivity index (χ3v) is 3.79. The van der Waals surface area contributed by atoms with Gasteiger partial charge in [-0.05, 0) is 12.3 Å². The van der Waals surface area contributed by atoms with Gasteiger partial charge < -0.3 is 10.2 Å². The molecule has 0 unspecified atom stereocenters. The highest BCUT2D eigenvalue weighted by Gasteiger charge is 2.35. The van der Waals surface area contributed by atoms with E-state index in [0.717, 1.165) is 5.56 Å². The molecule has 0 atom stereocenters. The van der Waals surface area contributed by atoms with Crippen LogP contribution in [0.15, 0.2) is 40.6 Å². The predicted octanol–water partition coefficient (Wildman–Crippen LogP) is 3.07. The van der Waals surface area contributed by atoms with Gasteiger partial charge in [0.2, 0.25) is 0 Å². The van der Waals surface area contributed by atoms with Crippen molar-refractivity contribution in [2.45, 2.75) is 33.6 Å². The lowest BCUT2D eigenvalue weighted by Gasteiger charge is -2.30. The second-order valence-electron chi connectivity index (χ2n) is 6.69. The smallest absolute Gasteiger partial charge is 0.325 e. The molecule has 2 rings (SSSR count). The molecule has 0 heterocycles. The van der Waals surface area contributed by atoms with Crippen molar-refractivity contribution in [3.63, 3.8) is 0 Å². The quantitative estimate of drug-likeness (QED) is 0.836. The molecule has 0 fully saturated rings. The van der Waals surface area contributed by atoms with Gasteiger partial charge in [-0.3, -0.25) is 14.6 Å². The third kappa shape index (κ3) is 4.06. The molecule has 122 valence electrons. The van der Waals surface area contributed by atoms with Crippen LogP contribution in [-0.4, -0.2) is 34.2 Å². The lowest BCUT2D eigenvalue weighted by atomic mass is 9.75. The van der Waals surface area contributed by atoms with Crippen molar-refractivity contribution in [2.75, 3.05) is 6.54 Å². The summed E-state index contributed by atoms with van der Waals surface area (Å²) in [6.07, 6.45) is 0.663. The largest absolute Gasteiger partial charge is 0.511 e. The molecule has 5 heteroatoms. The summed E-state index contributed by atoms with van der Waals surface area (Å²) in [5.41, 5.74) is 1.77. The number of carboxylic acids is 1. The Balaban J connectivity index is 2.53. The zero-order valence-electron chi connectivity index (χ0n) is 13.6. The number of aryl methyl sites for hydroxylation is 1. The maximum Gasteiger partial charge on any atom is 0.325 e. The maximum absolute atomic E-state index is 12.5. The number of benzene rings is 1. The fourth-order valence-corrected chi connectivity index (χ4v) is 2.73. The number of ketones is 1. The summed E-state index contributed by atoms with van der Waals surface area (Å²) >= 11 is 0. The first-order valence-electron chi connectivity index (χ1n) is 7.48. The number of carbonyl (C=O) groups excluding carboxylic acids is 1. The van der Waals surface area contributed by atoms with Crippen LogP contribution < -0.4 is 0 Å². The Morgan fingerprint density at radius 1 is 1.22 bits per heavy atom. The maximum atomic E-state index is 12.5. The number of hydrogen-bond acceptors (Lipinski definition) is 4. The van der Waals surface area contributed by atoms with E-state index in [2.05, 4.69) is 4.99 Å². The average molecular weight is 315 g/mol. The van der Waals surface area contributed by atoms with E-state index in [0.29, 0.717) is 18.4 Å². The molecule has 23 heavy (non-hydrogen) atoms. The van der Waals surface area contributed by atoms with E-state index in [-0.39, 0.29) is 28.2 Å². The molecule has 0 aromatic heterocycles. The minimum atomic E-state index is -1.08. The minimum Gasteiger partial charge on any atom is -0.511 e. The number of carbonyl (C=O) groups is 2. The Morgan fingerprint density at radius 3 is 2.35 bits per heavy atom. The monoisotopic (exact) mass is 315 g/mol. The third-order valence-electron chi connectivity index (χ3n) is 3.79. The van der Waals surface area contributed by atoms with Crippen molar-refractivity contribution in [3.8, 4) is 0 Å². The van der Waals surface area contributed by atoms with Crippen molar-refractivity contribution >= 4 is 17.5 Å². The van der Waals surface area contributed by atoms with Crippen molar-refractivity contribution < 1.29 is 19.8 Å². The summed E-state index contributed by atoms with van der Waals surface area (Å²) in [7, 11) is 0. The zero-order valence-corrected chi connectivity index (χ0v) is 13.6. The molecule has 1 aliphatic rings. The molecule has 2 N–H and O–H groups in total. The summed E-state index contributed by atoms with van der Waals surface area (Å²) < 4.78 is 0. The number of carboxylic acid groups (broad SMARTS) is 1. The van der Waals surface area contributed by atoms with Crippen LogP contribution >= 0.6 is 0 Å². The number of nitrogens with zero attached hydrogens (tertiary/aromatic N) is 1. The number of rotatable bonds is 4. The summed E-state index contributed by atoms with van der Waals surface area (Å²) in [6, 6.07) is 7.29. The van der Waals surface area contributed by atoms with E-state index in [9.17, 15) is 14.7 Å². The topological polar surface area (TPSA) is 87.0 Å². The van der Waals surface area contributed by atoms with E-state index < -0.39 is 12.5 Å². The van der Waals surface area contributed by atoms with Gasteiger partial charge in [-0.2, -0.15) is 0 Å². The molecule has 1 aliphatic carbocycles. The van der Waals surface area contributed by atoms with E-state index in [1.165, 1.54) is 0 Å². The van der Waals surface area contributed by atoms with Gasteiger partial charge in [0.25, 0.3) is 0 Å². The molecule has 5 nitrogen and oxygen atoms in total. The van der Waals surface area contributed by atoms with Crippen LogP contribution in [0.2, 0.25) is 0 Å². The number of aliphatic hydroxyl groups excluding tert-OH is 1. The zero-order chi connectivity index (χ0) is 17.2. The summed E-state index contributed by atoms with van der Waals surface area (Å²) in [6.45, 7) is 5.31. The van der Waals surface area contributed by atoms with E-state index in [1.807, 2.05) is 32.9 Å². The van der Waals surface area contributed by atoms with Crippen molar-refractivity contribution in [1.29, 1.82) is 0 Å². The predicted molar refractivity (Wildman–Crippen MR) is 87.9 cm³/mol. The summed E-state index contributed by atoms with van der Waals surface area (Å²) in [4.78, 5) is 27.4. The normalized spacial score (nSPS) is 18.2. The molecule has 0 spiro atoms. The van der Waals surface area contributed by atoms with Crippen LogP contribution in [0.1, 0.15) is 37.8 Å². The Morgan fingerprint density at radius 2 is 1.83 bits per heavy atom. The molecular weight excluding hydrogens is 294 g/mol. The molecule has 1 aromatic rings. The van der Waals surface area contributed by atoms with Gasteiger partial charge in [0.1, 0.15) is 12.3 Å². The van der Waals surface area contributed by atoms with E-state index in [4.69, 9.17) is 5.11 Å². The number of aliphatic imine (C=N–C) groups is 1. The number of hydrogen-bond donors (Lipinski definition) is 2. The van der Waals surface area contributed by atoms with Gasteiger partial charge in [0, 0.05) is 18.4 Å². The second kappa shape index (κ2) is 6.36. The first kappa shape index (κ1) is 16.9. The van der Waals surface area contributed by atoms with Crippen LogP contribution in [0.3, 0.4) is 0 Å². The number of Topliss-reactive ketones (excluding diaryl/α,β-unsaturated/α-hetero) is 1. The highest BCUT2D eigenvalue weighted by molar-refractivity contribution is 6.29. The number of aliphatic hydroxyl groups is 1. The fourth-order valence-electron chi connectivity index (χ4n) is 2.73. The highest BCUT2D eigenvalue weighted by Crippen LogP contribution is 2.36. The van der Waals surface area contributed by atoms with Gasteiger partial charge >= 0.3 is 5.97 Å². The second-order valence-corrected chi connectivity index (χ2v) is 6.69. The van der Waals surface area contributed by atoms with Gasteiger partial charge in [-0.15, -0.1) is 0 Å². The molecule has 0 saturated heterocycles. The van der Waals surface area contributed by atoms with Crippen LogP contribution in [0.25, 0.3) is 0 Å². The van der Waals surface area contributed by atoms with Crippen molar-refractivity contribution in [3.05, 3.63) is 46.7 Å². The summed E-state index contributed by atoms with van der Waals surface area (Å²) in [5.74, 6) is -1.31. The summed E-state index contributed by atoms with van der Waals surface area (Å²) in [5, 5.41) is 19.3. The van der Waals surface area contributed by atoms with Crippen LogP contribution in [0.4, 0.5) is 0 Å². The average Bonchev–Trinajstić information content (AvgIpc) is 2.41. The standard InChI is InChI=1S/C18H21NO4/c1-11-4-6-12(7-5-11)17(19-10-15(22)23)16-13(20)8-18(2,3)9-14(16)21/h4-7,20H,8-10H2,1-3H3,(H,22,23). The molecule has 0 saturated carbocycles. The Bertz CT molecular complexity index is 696. The van der Waals surface area contributed by atoms with Crippen molar-refractivity contribution in [1.82, 2.24) is 0 Å². The first-order chi connectivity index (χ1) is 10.7. The molecule has 0 aliphatic heterocycles. The number of aliphatic carboxylic acids is 1. The lowest BCUT2D eigenvalue weighted by Crippen LogP contribution is -2.30. The van der Waals surface area contributed by atoms with Crippen LogP contribution in [0, 0.1) is 12.3 Å². The van der Waals surface area contributed by atoms with Gasteiger partial charge in [0.05, 0.1) is 11.3 Å². The van der Waals surface area contributed by atoms with Gasteiger partial charge in [-0.25, -0.2) is 0 Å². The highest BCUT2D eigenvalue weighted by atomic mass is 16.4. The van der Waals surface area contributed by atoms with Crippen molar-refractivity contribution in [2.24, 2.45) is 10.4 Å².